The largest absolute Gasteiger partial charge is 0.323 e. The van der Waals surface area contributed by atoms with E-state index in [9.17, 15) is 18.4 Å². The Bertz CT molecular complexity index is 802. The van der Waals surface area contributed by atoms with Crippen LogP contribution in [0.3, 0.4) is 0 Å². The molecule has 122 valence electrons. The zero-order valence-corrected chi connectivity index (χ0v) is 13.1. The highest BCUT2D eigenvalue weighted by Crippen LogP contribution is 2.12. The molecule has 0 atom stereocenters. The molecule has 0 saturated heterocycles. The number of urea groups is 1. The van der Waals surface area contributed by atoms with Gasteiger partial charge in [-0.15, -0.1) is 0 Å². The van der Waals surface area contributed by atoms with Crippen LogP contribution in [0.1, 0.15) is 11.3 Å². The maximum atomic E-state index is 13.6. The van der Waals surface area contributed by atoms with Crippen molar-refractivity contribution in [3.8, 4) is 0 Å². The minimum atomic E-state index is -0.726. The molecule has 7 heteroatoms. The first-order valence-corrected chi connectivity index (χ1v) is 6.92. The molecule has 1 aromatic carbocycles. The average molecular weight is 321 g/mol. The summed E-state index contributed by atoms with van der Waals surface area (Å²) >= 11 is 0. The van der Waals surface area contributed by atoms with Gasteiger partial charge in [0, 0.05) is 38.0 Å². The first-order valence-electron chi connectivity index (χ1n) is 6.92. The molecule has 0 bridgehead atoms. The zero-order valence-electron chi connectivity index (χ0n) is 13.1. The maximum Gasteiger partial charge on any atom is 0.322 e. The van der Waals surface area contributed by atoms with Crippen LogP contribution < -0.4 is 10.9 Å². The number of rotatable bonds is 3. The quantitative estimate of drug-likeness (QED) is 0.945. The normalized spacial score (nSPS) is 10.5. The van der Waals surface area contributed by atoms with E-state index in [4.69, 9.17) is 0 Å². The first-order chi connectivity index (χ1) is 10.8. The van der Waals surface area contributed by atoms with Crippen LogP contribution in [0, 0.1) is 18.6 Å². The number of aromatic nitrogens is 1. The topological polar surface area (TPSA) is 54.3 Å². The Balaban J connectivity index is 2.11. The maximum absolute atomic E-state index is 13.6. The van der Waals surface area contributed by atoms with Gasteiger partial charge in [0.15, 0.2) is 0 Å². The van der Waals surface area contributed by atoms with Gasteiger partial charge in [0.1, 0.15) is 17.3 Å². The Morgan fingerprint density at radius 1 is 1.26 bits per heavy atom. The summed E-state index contributed by atoms with van der Waals surface area (Å²) < 4.78 is 27.9. The van der Waals surface area contributed by atoms with Gasteiger partial charge in [-0.25, -0.2) is 13.6 Å². The number of carbonyl (C=O) groups excluding carboxylic acids is 1. The van der Waals surface area contributed by atoms with Gasteiger partial charge in [0.2, 0.25) is 0 Å². The second-order valence-electron chi connectivity index (χ2n) is 5.27. The second kappa shape index (κ2) is 6.60. The van der Waals surface area contributed by atoms with Crippen molar-refractivity contribution in [2.45, 2.75) is 13.5 Å². The minimum Gasteiger partial charge on any atom is -0.323 e. The lowest BCUT2D eigenvalue weighted by atomic mass is 10.2. The summed E-state index contributed by atoms with van der Waals surface area (Å²) in [4.78, 5) is 25.3. The molecule has 23 heavy (non-hydrogen) atoms. The molecule has 1 heterocycles. The number of hydrogen-bond acceptors (Lipinski definition) is 2. The smallest absolute Gasteiger partial charge is 0.322 e. The molecule has 1 aromatic heterocycles. The van der Waals surface area contributed by atoms with Gasteiger partial charge in [0.05, 0.1) is 0 Å². The molecule has 2 amide bonds. The van der Waals surface area contributed by atoms with Crippen LogP contribution in [-0.2, 0) is 13.6 Å². The summed E-state index contributed by atoms with van der Waals surface area (Å²) in [7, 11) is 3.06. The van der Waals surface area contributed by atoms with Crippen molar-refractivity contribution in [3.05, 3.63) is 63.6 Å². The molecule has 0 aliphatic heterocycles. The Hall–Kier alpha value is -2.70. The SMILES string of the molecule is Cc1ccc(NC(=O)N(C)Cc2ccc(F)cc2F)c(=O)n1C. The third-order valence-electron chi connectivity index (χ3n) is 3.57. The average Bonchev–Trinajstić information content (AvgIpc) is 2.50. The number of nitrogens with one attached hydrogen (secondary N) is 1. The van der Waals surface area contributed by atoms with E-state index in [1.807, 2.05) is 0 Å². The van der Waals surface area contributed by atoms with Crippen molar-refractivity contribution in [1.82, 2.24) is 9.47 Å². The number of pyridine rings is 1. The van der Waals surface area contributed by atoms with Crippen LogP contribution in [0.4, 0.5) is 19.3 Å². The van der Waals surface area contributed by atoms with Crippen LogP contribution in [0.2, 0.25) is 0 Å². The molecule has 0 unspecified atom stereocenters. The number of nitrogens with zero attached hydrogens (tertiary/aromatic N) is 2. The van der Waals surface area contributed by atoms with E-state index >= 15 is 0 Å². The van der Waals surface area contributed by atoms with Crippen LogP contribution >= 0.6 is 0 Å². The fraction of sp³-hybridized carbons (Fsp3) is 0.250. The van der Waals surface area contributed by atoms with Crippen molar-refractivity contribution in [2.24, 2.45) is 7.05 Å². The number of aryl methyl sites for hydroxylation is 1. The number of halogens is 2. The fourth-order valence-corrected chi connectivity index (χ4v) is 2.01. The summed E-state index contributed by atoms with van der Waals surface area (Å²) in [5.74, 6) is -1.41. The lowest BCUT2D eigenvalue weighted by Crippen LogP contribution is -2.34. The van der Waals surface area contributed by atoms with Crippen LogP contribution in [0.15, 0.2) is 35.1 Å². The van der Waals surface area contributed by atoms with Gasteiger partial charge in [-0.05, 0) is 25.1 Å². The number of amides is 2. The van der Waals surface area contributed by atoms with E-state index < -0.39 is 17.7 Å². The summed E-state index contributed by atoms with van der Waals surface area (Å²) in [6.45, 7) is 1.72. The molecule has 0 aliphatic carbocycles. The highest BCUT2D eigenvalue weighted by atomic mass is 19.1. The van der Waals surface area contributed by atoms with Crippen molar-refractivity contribution >= 4 is 11.7 Å². The molecule has 5 nitrogen and oxygen atoms in total. The molecule has 0 radical (unpaired) electrons. The monoisotopic (exact) mass is 321 g/mol. The predicted octanol–water partition coefficient (Wildman–Crippen LogP) is 2.64. The Kier molecular flexibility index (Phi) is 4.78. The molecule has 0 aliphatic rings. The molecule has 0 saturated carbocycles. The van der Waals surface area contributed by atoms with Gasteiger partial charge < -0.3 is 14.8 Å². The van der Waals surface area contributed by atoms with Crippen molar-refractivity contribution in [2.75, 3.05) is 12.4 Å². The highest BCUT2D eigenvalue weighted by Gasteiger charge is 2.14. The standard InChI is InChI=1S/C16H17F2N3O2/c1-10-4-7-14(15(22)21(10)3)19-16(23)20(2)9-11-5-6-12(17)8-13(11)18/h4-8H,9H2,1-3H3,(H,19,23). The van der Waals surface area contributed by atoms with Crippen molar-refractivity contribution < 1.29 is 13.6 Å². The molecule has 2 aromatic rings. The van der Waals surface area contributed by atoms with Crippen LogP contribution in [-0.4, -0.2) is 22.5 Å². The fourth-order valence-electron chi connectivity index (χ4n) is 2.01. The van der Waals surface area contributed by atoms with Gasteiger partial charge >= 0.3 is 6.03 Å². The van der Waals surface area contributed by atoms with Gasteiger partial charge in [-0.2, -0.15) is 0 Å². The van der Waals surface area contributed by atoms with Crippen molar-refractivity contribution in [3.63, 3.8) is 0 Å². The molecule has 0 spiro atoms. The van der Waals surface area contributed by atoms with Gasteiger partial charge in [0.25, 0.3) is 5.56 Å². The molecular weight excluding hydrogens is 304 g/mol. The first kappa shape index (κ1) is 16.7. The highest BCUT2D eigenvalue weighted by molar-refractivity contribution is 5.88. The van der Waals surface area contributed by atoms with E-state index in [1.54, 1.807) is 20.0 Å². The van der Waals surface area contributed by atoms with Crippen LogP contribution in [0.25, 0.3) is 0 Å². The van der Waals surface area contributed by atoms with E-state index in [0.29, 0.717) is 0 Å². The Morgan fingerprint density at radius 2 is 1.96 bits per heavy atom. The van der Waals surface area contributed by atoms with Gasteiger partial charge in [-0.1, -0.05) is 6.07 Å². The third-order valence-corrected chi connectivity index (χ3v) is 3.57. The number of benzene rings is 1. The molecule has 1 N–H and O–H groups in total. The minimum absolute atomic E-state index is 0.0515. The lowest BCUT2D eigenvalue weighted by molar-refractivity contribution is 0.220. The Morgan fingerprint density at radius 3 is 2.61 bits per heavy atom. The third kappa shape index (κ3) is 3.74. The summed E-state index contributed by atoms with van der Waals surface area (Å²) in [6.07, 6.45) is 0. The lowest BCUT2D eigenvalue weighted by Gasteiger charge is -2.18. The molecule has 0 fully saturated rings. The van der Waals surface area contributed by atoms with E-state index in [-0.39, 0.29) is 23.4 Å². The van der Waals surface area contributed by atoms with Crippen LogP contribution in [0.5, 0.6) is 0 Å². The van der Waals surface area contributed by atoms with Crippen molar-refractivity contribution in [1.29, 1.82) is 0 Å². The summed E-state index contributed by atoms with van der Waals surface area (Å²) in [5, 5.41) is 2.49. The molecular formula is C16H17F2N3O2. The Labute approximate surface area is 132 Å². The number of hydrogen-bond donors (Lipinski definition) is 1. The number of carbonyl (C=O) groups is 1. The summed E-state index contributed by atoms with van der Waals surface area (Å²) in [6, 6.07) is 5.82. The zero-order chi connectivity index (χ0) is 17.1. The second-order valence-corrected chi connectivity index (χ2v) is 5.27. The van der Waals surface area contributed by atoms with E-state index in [2.05, 4.69) is 5.32 Å². The number of anilines is 1. The predicted molar refractivity (Wildman–Crippen MR) is 83.3 cm³/mol. The van der Waals surface area contributed by atoms with E-state index in [0.717, 1.165) is 17.8 Å². The van der Waals surface area contributed by atoms with E-state index in [1.165, 1.54) is 28.6 Å². The molecule has 2 rings (SSSR count). The van der Waals surface area contributed by atoms with Gasteiger partial charge in [-0.3, -0.25) is 4.79 Å². The summed E-state index contributed by atoms with van der Waals surface area (Å²) in [5.41, 5.74) is 0.741.